The summed E-state index contributed by atoms with van der Waals surface area (Å²) in [6.45, 7) is 1.78. The van der Waals surface area contributed by atoms with Crippen molar-refractivity contribution in [3.63, 3.8) is 0 Å². The van der Waals surface area contributed by atoms with Crippen molar-refractivity contribution in [2.45, 2.75) is 0 Å². The largest absolute Gasteiger partial charge is 0.465 e. The number of anilines is 2. The molecule has 1 aromatic heterocycles. The summed E-state index contributed by atoms with van der Waals surface area (Å²) in [6, 6.07) is 8.83. The van der Waals surface area contributed by atoms with E-state index in [1.54, 1.807) is 30.3 Å². The van der Waals surface area contributed by atoms with E-state index in [2.05, 4.69) is 15.5 Å². The molecule has 10 heteroatoms. The van der Waals surface area contributed by atoms with E-state index >= 15 is 0 Å². The van der Waals surface area contributed by atoms with Gasteiger partial charge in [0, 0.05) is 32.2 Å². The molecular formula is C15H13N7O3. The molecule has 2 heterocycles. The van der Waals surface area contributed by atoms with Gasteiger partial charge in [-0.15, -0.1) is 0 Å². The zero-order valence-corrected chi connectivity index (χ0v) is 13.0. The number of piperazine rings is 1. The molecule has 0 spiro atoms. The van der Waals surface area contributed by atoms with E-state index in [1.165, 1.54) is 4.90 Å². The van der Waals surface area contributed by atoms with Crippen LogP contribution >= 0.6 is 0 Å². The van der Waals surface area contributed by atoms with Crippen molar-refractivity contribution in [3.8, 4) is 12.1 Å². The Kier molecular flexibility index (Phi) is 4.35. The molecule has 10 nitrogen and oxygen atoms in total. The number of nitrogens with one attached hydrogen (secondary N) is 1. The Labute approximate surface area is 142 Å². The van der Waals surface area contributed by atoms with Gasteiger partial charge in [0.25, 0.3) is 6.01 Å². The van der Waals surface area contributed by atoms with Gasteiger partial charge in [-0.25, -0.2) is 4.79 Å². The molecule has 25 heavy (non-hydrogen) atoms. The molecule has 0 aliphatic carbocycles. The van der Waals surface area contributed by atoms with Crippen LogP contribution in [-0.4, -0.2) is 53.0 Å². The number of hydrogen-bond acceptors (Lipinski definition) is 8. The smallest absolute Gasteiger partial charge is 0.407 e. The molecule has 3 rings (SSSR count). The monoisotopic (exact) mass is 339 g/mol. The van der Waals surface area contributed by atoms with Crippen LogP contribution in [0.2, 0.25) is 0 Å². The third-order valence-corrected chi connectivity index (χ3v) is 3.71. The van der Waals surface area contributed by atoms with Gasteiger partial charge in [-0.3, -0.25) is 5.43 Å². The minimum absolute atomic E-state index is 0.283. The number of fused-ring (bicyclic) bond motifs is 1. The molecular weight excluding hydrogens is 326 g/mol. The molecule has 126 valence electrons. The van der Waals surface area contributed by atoms with Crippen LogP contribution in [0.1, 0.15) is 0 Å². The van der Waals surface area contributed by atoms with Gasteiger partial charge >= 0.3 is 6.09 Å². The number of rotatable bonds is 3. The first-order chi connectivity index (χ1) is 12.1. The van der Waals surface area contributed by atoms with Crippen LogP contribution in [-0.2, 0) is 0 Å². The lowest BCUT2D eigenvalue weighted by atomic mass is 10.3. The van der Waals surface area contributed by atoms with Crippen molar-refractivity contribution in [2.75, 3.05) is 36.5 Å². The summed E-state index contributed by atoms with van der Waals surface area (Å²) >= 11 is 0. The molecule has 2 aromatic rings. The number of oxazole rings is 1. The van der Waals surface area contributed by atoms with Crippen LogP contribution in [0.4, 0.5) is 16.5 Å². The lowest BCUT2D eigenvalue weighted by molar-refractivity contribution is 0.142. The van der Waals surface area contributed by atoms with Crippen molar-refractivity contribution in [1.82, 2.24) is 9.88 Å². The third kappa shape index (κ3) is 3.43. The number of hydrogen-bond donors (Lipinski definition) is 2. The highest BCUT2D eigenvalue weighted by molar-refractivity contribution is 6.10. The average molecular weight is 339 g/mol. The average Bonchev–Trinajstić information content (AvgIpc) is 3.06. The highest BCUT2D eigenvalue weighted by Crippen LogP contribution is 2.25. The summed E-state index contributed by atoms with van der Waals surface area (Å²) in [7, 11) is 0. The van der Waals surface area contributed by atoms with Gasteiger partial charge in [0.1, 0.15) is 17.7 Å². The maximum atomic E-state index is 10.9. The maximum absolute atomic E-state index is 10.9. The van der Waals surface area contributed by atoms with Crippen LogP contribution in [0, 0.1) is 22.7 Å². The fraction of sp³-hybridized carbons (Fsp3) is 0.267. The molecule has 1 saturated heterocycles. The Balaban J connectivity index is 1.75. The first-order valence-corrected chi connectivity index (χ1v) is 7.38. The van der Waals surface area contributed by atoms with Crippen molar-refractivity contribution in [2.24, 2.45) is 5.10 Å². The molecule has 1 fully saturated rings. The second-order valence-electron chi connectivity index (χ2n) is 5.23. The molecule has 1 aliphatic rings. The second-order valence-corrected chi connectivity index (χ2v) is 5.23. The molecule has 1 amide bonds. The fourth-order valence-electron chi connectivity index (χ4n) is 2.40. The van der Waals surface area contributed by atoms with Crippen molar-refractivity contribution >= 4 is 34.6 Å². The van der Waals surface area contributed by atoms with Gasteiger partial charge in [0.15, 0.2) is 5.58 Å². The van der Waals surface area contributed by atoms with Crippen molar-refractivity contribution < 1.29 is 14.3 Å². The summed E-state index contributed by atoms with van der Waals surface area (Å²) in [4.78, 5) is 18.6. The van der Waals surface area contributed by atoms with Gasteiger partial charge in [0.05, 0.1) is 5.69 Å². The minimum atomic E-state index is -0.928. The fourth-order valence-corrected chi connectivity index (χ4v) is 2.40. The van der Waals surface area contributed by atoms with Gasteiger partial charge < -0.3 is 19.3 Å². The molecule has 1 aromatic carbocycles. The number of carbonyl (C=O) groups is 1. The van der Waals surface area contributed by atoms with E-state index in [4.69, 9.17) is 20.0 Å². The Morgan fingerprint density at radius 3 is 2.64 bits per heavy atom. The summed E-state index contributed by atoms with van der Waals surface area (Å²) in [5.41, 5.74) is 4.05. The number of nitrogens with zero attached hydrogens (tertiary/aromatic N) is 6. The number of nitriles is 2. The van der Waals surface area contributed by atoms with E-state index in [1.807, 2.05) is 4.90 Å². The lowest BCUT2D eigenvalue weighted by Gasteiger charge is -2.31. The van der Waals surface area contributed by atoms with Crippen LogP contribution in [0.5, 0.6) is 0 Å². The normalized spacial score (nSPS) is 13.8. The first kappa shape index (κ1) is 16.1. The molecule has 0 saturated carbocycles. The standard InChI is InChI=1S/C15H13N7O3/c16-8-11(9-17)20-19-10-1-2-12-13(7-10)25-14(18-12)21-3-5-22(6-4-21)15(23)24/h1-2,7,19H,3-6H2,(H,23,24). The summed E-state index contributed by atoms with van der Waals surface area (Å²) in [5, 5.41) is 30.0. The summed E-state index contributed by atoms with van der Waals surface area (Å²) in [6.07, 6.45) is -0.928. The van der Waals surface area contributed by atoms with Crippen LogP contribution in [0.25, 0.3) is 11.1 Å². The van der Waals surface area contributed by atoms with Crippen LogP contribution < -0.4 is 10.3 Å². The lowest BCUT2D eigenvalue weighted by Crippen LogP contribution is -2.48. The maximum Gasteiger partial charge on any atom is 0.407 e. The van der Waals surface area contributed by atoms with E-state index < -0.39 is 6.09 Å². The van der Waals surface area contributed by atoms with Gasteiger partial charge in [-0.05, 0) is 12.1 Å². The van der Waals surface area contributed by atoms with Crippen LogP contribution in [0.15, 0.2) is 27.7 Å². The Bertz CT molecular complexity index is 897. The first-order valence-electron chi connectivity index (χ1n) is 7.38. The SMILES string of the molecule is N#CC(C#N)=NNc1ccc2nc(N3CCN(C(=O)O)CC3)oc2c1. The number of benzene rings is 1. The molecule has 0 bridgehead atoms. The molecule has 0 radical (unpaired) electrons. The second kappa shape index (κ2) is 6.76. The number of carboxylic acid groups (broad SMARTS) is 1. The zero-order valence-electron chi connectivity index (χ0n) is 13.0. The predicted octanol–water partition coefficient (Wildman–Crippen LogP) is 1.44. The number of amides is 1. The van der Waals surface area contributed by atoms with E-state index in [0.29, 0.717) is 49.0 Å². The predicted molar refractivity (Wildman–Crippen MR) is 88.1 cm³/mol. The molecule has 0 unspecified atom stereocenters. The van der Waals surface area contributed by atoms with Crippen molar-refractivity contribution in [3.05, 3.63) is 18.2 Å². The molecule has 0 atom stereocenters. The summed E-state index contributed by atoms with van der Waals surface area (Å²) in [5.74, 6) is 0. The van der Waals surface area contributed by atoms with E-state index in [0.717, 1.165) is 0 Å². The van der Waals surface area contributed by atoms with Gasteiger partial charge in [-0.1, -0.05) is 0 Å². The highest BCUT2D eigenvalue weighted by Gasteiger charge is 2.23. The minimum Gasteiger partial charge on any atom is -0.465 e. The quantitative estimate of drug-likeness (QED) is 0.632. The Hall–Kier alpha value is -3.79. The zero-order chi connectivity index (χ0) is 17.8. The van der Waals surface area contributed by atoms with Crippen LogP contribution in [0.3, 0.4) is 0 Å². The van der Waals surface area contributed by atoms with Crippen molar-refractivity contribution in [1.29, 1.82) is 10.5 Å². The molecule has 1 aliphatic heterocycles. The Morgan fingerprint density at radius 1 is 1.28 bits per heavy atom. The third-order valence-electron chi connectivity index (χ3n) is 3.71. The number of aromatic nitrogens is 1. The van der Waals surface area contributed by atoms with E-state index in [-0.39, 0.29) is 5.71 Å². The molecule has 2 N–H and O–H groups in total. The highest BCUT2D eigenvalue weighted by atomic mass is 16.4. The number of hydrazone groups is 1. The van der Waals surface area contributed by atoms with Gasteiger partial charge in [0.2, 0.25) is 5.71 Å². The topological polar surface area (TPSA) is 142 Å². The van der Waals surface area contributed by atoms with E-state index in [9.17, 15) is 4.79 Å². The van der Waals surface area contributed by atoms with Gasteiger partial charge in [-0.2, -0.15) is 20.6 Å². The summed E-state index contributed by atoms with van der Waals surface area (Å²) < 4.78 is 5.73. The Morgan fingerprint density at radius 2 is 2.00 bits per heavy atom.